The van der Waals surface area contributed by atoms with Crippen molar-refractivity contribution in [3.05, 3.63) is 42.0 Å². The van der Waals surface area contributed by atoms with Gasteiger partial charge in [-0.15, -0.1) is 0 Å². The molecule has 1 aromatic carbocycles. The molecule has 0 fully saturated rings. The van der Waals surface area contributed by atoms with Crippen LogP contribution in [0.3, 0.4) is 0 Å². The maximum absolute atomic E-state index is 14.0. The molecule has 0 saturated heterocycles. The smallest absolute Gasteiger partial charge is 0.408 e. The maximum atomic E-state index is 14.0. The molecule has 1 aromatic rings. The Kier molecular flexibility index (Phi) is 12.5. The standard InChI is InChI=1S/C28H45N3O4/c1-9-12-17-29-25(32)24(22-16-14-15-21(11-3)19-22)31(18-13-10-2)26(33)23(20(4)5)30-27(34)35-28(6,7)8/h11,14-16,19-20,23-24H,3,9-10,12-13,17-18H2,1-2,4-8H3,(H,29,32)(H,30,34). The Balaban J connectivity index is 3.44. The molecule has 0 saturated carbocycles. The van der Waals surface area contributed by atoms with Gasteiger partial charge in [-0.3, -0.25) is 9.59 Å². The summed E-state index contributed by atoms with van der Waals surface area (Å²) in [5.41, 5.74) is 0.883. The summed E-state index contributed by atoms with van der Waals surface area (Å²) in [6.45, 7) is 17.9. The van der Waals surface area contributed by atoms with Crippen LogP contribution in [0.1, 0.15) is 91.3 Å². The Morgan fingerprint density at radius 1 is 1.11 bits per heavy atom. The monoisotopic (exact) mass is 487 g/mol. The van der Waals surface area contributed by atoms with E-state index in [2.05, 4.69) is 24.1 Å². The molecule has 35 heavy (non-hydrogen) atoms. The van der Waals surface area contributed by atoms with Gasteiger partial charge in [-0.1, -0.05) is 71.4 Å². The average molecular weight is 488 g/mol. The molecule has 0 radical (unpaired) electrons. The summed E-state index contributed by atoms with van der Waals surface area (Å²) in [5.74, 6) is -0.745. The van der Waals surface area contributed by atoms with Crippen molar-refractivity contribution in [1.29, 1.82) is 0 Å². The largest absolute Gasteiger partial charge is 0.444 e. The molecule has 2 N–H and O–H groups in total. The Morgan fingerprint density at radius 2 is 1.77 bits per heavy atom. The Morgan fingerprint density at radius 3 is 2.31 bits per heavy atom. The molecule has 0 spiro atoms. The van der Waals surface area contributed by atoms with Gasteiger partial charge in [0.2, 0.25) is 11.8 Å². The summed E-state index contributed by atoms with van der Waals surface area (Å²) >= 11 is 0. The van der Waals surface area contributed by atoms with E-state index in [9.17, 15) is 14.4 Å². The quantitative estimate of drug-likeness (QED) is 0.361. The molecule has 0 heterocycles. The highest BCUT2D eigenvalue weighted by Gasteiger charge is 2.37. The number of hydrogen-bond acceptors (Lipinski definition) is 4. The van der Waals surface area contributed by atoms with Gasteiger partial charge in [0.15, 0.2) is 0 Å². The minimum absolute atomic E-state index is 0.206. The average Bonchev–Trinajstić information content (AvgIpc) is 2.78. The van der Waals surface area contributed by atoms with Crippen molar-refractivity contribution in [3.63, 3.8) is 0 Å². The molecule has 0 aliphatic rings. The van der Waals surface area contributed by atoms with Crippen LogP contribution >= 0.6 is 0 Å². The fourth-order valence-corrected chi connectivity index (χ4v) is 3.64. The fourth-order valence-electron chi connectivity index (χ4n) is 3.64. The second-order valence-corrected chi connectivity index (χ2v) is 10.2. The first-order valence-electron chi connectivity index (χ1n) is 12.7. The number of alkyl carbamates (subject to hydrolysis) is 1. The van der Waals surface area contributed by atoms with Crippen LogP contribution in [0, 0.1) is 5.92 Å². The Bertz CT molecular complexity index is 845. The van der Waals surface area contributed by atoms with Gasteiger partial charge in [0.25, 0.3) is 0 Å². The Labute approximate surface area is 211 Å². The van der Waals surface area contributed by atoms with Gasteiger partial charge in [-0.05, 0) is 56.7 Å². The normalized spacial score (nSPS) is 13.0. The predicted octanol–water partition coefficient (Wildman–Crippen LogP) is 5.47. The van der Waals surface area contributed by atoms with Gasteiger partial charge >= 0.3 is 6.09 Å². The zero-order chi connectivity index (χ0) is 26.6. The van der Waals surface area contributed by atoms with Crippen molar-refractivity contribution < 1.29 is 19.1 Å². The Hall–Kier alpha value is -2.83. The van der Waals surface area contributed by atoms with Gasteiger partial charge in [0.05, 0.1) is 0 Å². The molecule has 196 valence electrons. The highest BCUT2D eigenvalue weighted by Crippen LogP contribution is 2.26. The number of nitrogens with zero attached hydrogens (tertiary/aromatic N) is 1. The number of rotatable bonds is 13. The number of carbonyl (C=O) groups excluding carboxylic acids is 3. The highest BCUT2D eigenvalue weighted by molar-refractivity contribution is 5.92. The van der Waals surface area contributed by atoms with Crippen molar-refractivity contribution in [2.24, 2.45) is 5.92 Å². The van der Waals surface area contributed by atoms with Crippen LogP contribution in [0.4, 0.5) is 4.79 Å². The third-order valence-electron chi connectivity index (χ3n) is 5.49. The van der Waals surface area contributed by atoms with Crippen molar-refractivity contribution in [1.82, 2.24) is 15.5 Å². The lowest BCUT2D eigenvalue weighted by Crippen LogP contribution is -2.55. The van der Waals surface area contributed by atoms with Crippen LogP contribution in [0.15, 0.2) is 30.8 Å². The van der Waals surface area contributed by atoms with Crippen molar-refractivity contribution in [2.45, 2.75) is 91.8 Å². The van der Waals surface area contributed by atoms with Gasteiger partial charge in [-0.2, -0.15) is 0 Å². The van der Waals surface area contributed by atoms with Crippen molar-refractivity contribution in [3.8, 4) is 0 Å². The molecular weight excluding hydrogens is 442 g/mol. The molecule has 0 aliphatic heterocycles. The topological polar surface area (TPSA) is 87.7 Å². The number of carbonyl (C=O) groups is 3. The fraction of sp³-hybridized carbons (Fsp3) is 0.607. The second-order valence-electron chi connectivity index (χ2n) is 10.2. The number of amides is 3. The molecular formula is C28H45N3O4. The minimum Gasteiger partial charge on any atom is -0.444 e. The first-order valence-corrected chi connectivity index (χ1v) is 12.7. The second kappa shape index (κ2) is 14.5. The van der Waals surface area contributed by atoms with E-state index in [-0.39, 0.29) is 17.7 Å². The van der Waals surface area contributed by atoms with Crippen LogP contribution < -0.4 is 10.6 Å². The van der Waals surface area contributed by atoms with Crippen LogP contribution in [0.25, 0.3) is 6.08 Å². The third-order valence-corrected chi connectivity index (χ3v) is 5.49. The number of unbranched alkanes of at least 4 members (excludes halogenated alkanes) is 2. The van der Waals surface area contributed by atoms with E-state index >= 15 is 0 Å². The van der Waals surface area contributed by atoms with Gasteiger partial charge in [0.1, 0.15) is 17.7 Å². The molecule has 7 nitrogen and oxygen atoms in total. The highest BCUT2D eigenvalue weighted by atomic mass is 16.6. The van der Waals surface area contributed by atoms with Crippen LogP contribution in [-0.2, 0) is 14.3 Å². The predicted molar refractivity (Wildman–Crippen MR) is 142 cm³/mol. The van der Waals surface area contributed by atoms with E-state index in [0.29, 0.717) is 18.7 Å². The van der Waals surface area contributed by atoms with Crippen LogP contribution in [0.5, 0.6) is 0 Å². The minimum atomic E-state index is -0.838. The molecule has 0 aromatic heterocycles. The van der Waals surface area contributed by atoms with Crippen LogP contribution in [0.2, 0.25) is 0 Å². The zero-order valence-corrected chi connectivity index (χ0v) is 22.6. The summed E-state index contributed by atoms with van der Waals surface area (Å²) in [7, 11) is 0. The summed E-state index contributed by atoms with van der Waals surface area (Å²) in [4.78, 5) is 41.6. The van der Waals surface area contributed by atoms with Crippen molar-refractivity contribution >= 4 is 24.0 Å². The number of benzene rings is 1. The van der Waals surface area contributed by atoms with Crippen LogP contribution in [-0.4, -0.2) is 47.5 Å². The lowest BCUT2D eigenvalue weighted by atomic mass is 9.97. The molecule has 2 atom stereocenters. The van der Waals surface area contributed by atoms with E-state index in [1.165, 1.54) is 0 Å². The maximum Gasteiger partial charge on any atom is 0.408 e. The van der Waals surface area contributed by atoms with E-state index in [1.54, 1.807) is 31.7 Å². The third kappa shape index (κ3) is 10.1. The summed E-state index contributed by atoms with van der Waals surface area (Å²) in [6, 6.07) is 5.84. The molecule has 7 heteroatoms. The lowest BCUT2D eigenvalue weighted by Gasteiger charge is -2.35. The van der Waals surface area contributed by atoms with Gasteiger partial charge in [-0.25, -0.2) is 4.79 Å². The van der Waals surface area contributed by atoms with E-state index in [1.807, 2.05) is 45.0 Å². The zero-order valence-electron chi connectivity index (χ0n) is 22.6. The van der Waals surface area contributed by atoms with Crippen molar-refractivity contribution in [2.75, 3.05) is 13.1 Å². The van der Waals surface area contributed by atoms with E-state index < -0.39 is 23.8 Å². The molecule has 2 unspecified atom stereocenters. The first-order chi connectivity index (χ1) is 16.4. The number of nitrogens with one attached hydrogen (secondary N) is 2. The van der Waals surface area contributed by atoms with Gasteiger partial charge < -0.3 is 20.3 Å². The molecule has 3 amide bonds. The summed E-state index contributed by atoms with van der Waals surface area (Å²) in [6.07, 6.45) is 4.44. The summed E-state index contributed by atoms with van der Waals surface area (Å²) < 4.78 is 5.41. The number of hydrogen-bond donors (Lipinski definition) is 2. The lowest BCUT2D eigenvalue weighted by molar-refractivity contribution is -0.143. The van der Waals surface area contributed by atoms with Gasteiger partial charge in [0, 0.05) is 13.1 Å². The molecule has 1 rings (SSSR count). The van der Waals surface area contributed by atoms with E-state index in [4.69, 9.17) is 4.74 Å². The summed E-state index contributed by atoms with van der Waals surface area (Å²) in [5, 5.41) is 5.75. The first kappa shape index (κ1) is 30.2. The van der Waals surface area contributed by atoms with E-state index in [0.717, 1.165) is 31.2 Å². The SMILES string of the molecule is C=Cc1cccc(C(C(=O)NCCCC)N(CCCC)C(=O)C(NC(=O)OC(C)(C)C)C(C)C)c1. The molecule has 0 bridgehead atoms. The molecule has 0 aliphatic carbocycles. The number of ether oxygens (including phenoxy) is 1.